The average molecular weight is 690 g/mol. The number of benzene rings is 5. The van der Waals surface area contributed by atoms with E-state index in [4.69, 9.17) is 0 Å². The topological polar surface area (TPSA) is 3.24 Å². The lowest BCUT2D eigenvalue weighted by Crippen LogP contribution is -2.53. The molecule has 2 bridgehead atoms. The van der Waals surface area contributed by atoms with Crippen molar-refractivity contribution in [2.75, 3.05) is 4.90 Å². The molecule has 2 saturated carbocycles. The minimum Gasteiger partial charge on any atom is -0.328 e. The predicted octanol–water partition coefficient (Wildman–Crippen LogP) is 13.8. The van der Waals surface area contributed by atoms with E-state index in [-0.39, 0.29) is 16.4 Å². The smallest absolute Gasteiger partial charge is 0.0827 e. The normalized spacial score (nSPS) is 29.8. The molecule has 5 aliphatic carbocycles. The van der Waals surface area contributed by atoms with Gasteiger partial charge in [0.2, 0.25) is 0 Å². The number of para-hydroxylation sites is 1. The summed E-state index contributed by atoms with van der Waals surface area (Å²) in [5.74, 6) is 3.19. The first-order chi connectivity index (χ1) is 25.7. The molecule has 53 heavy (non-hydrogen) atoms. The maximum atomic E-state index is 2.75. The number of hydrogen-bond acceptors (Lipinski definition) is 1. The summed E-state index contributed by atoms with van der Waals surface area (Å²) >= 11 is 0. The highest BCUT2D eigenvalue weighted by Gasteiger charge is 2.56. The van der Waals surface area contributed by atoms with Crippen molar-refractivity contribution in [2.24, 2.45) is 23.2 Å². The minimum atomic E-state index is -0.186. The molecular formula is C52H51N. The molecule has 1 nitrogen and oxygen atoms in total. The standard InChI is InChI=1S/C52H51N/c1-50(2)44-26-23-37(36-21-19-35(20-22-36)34-11-6-5-7-12-34)31-43(44)40-25-24-39(32-47(40)50)53-48-16-9-8-13-41(48)42-14-10-15-45-49(42)52(53,4)28-27-51(45,3)46-30-33-17-18-38(46)29-33/h5-9,11-13,16,19-28,31-33,38,42,46H,10,14-15,17-18,29-30H2,1-4H3. The second kappa shape index (κ2) is 11.2. The van der Waals surface area contributed by atoms with Crippen LogP contribution >= 0.6 is 0 Å². The van der Waals surface area contributed by atoms with Crippen molar-refractivity contribution in [3.05, 3.63) is 155 Å². The molecule has 11 rings (SSSR count). The van der Waals surface area contributed by atoms with Crippen molar-refractivity contribution in [3.8, 4) is 33.4 Å². The highest BCUT2D eigenvalue weighted by molar-refractivity contribution is 5.88. The summed E-state index contributed by atoms with van der Waals surface area (Å²) in [5, 5.41) is 0. The molecule has 0 spiro atoms. The lowest BCUT2D eigenvalue weighted by Gasteiger charge is -2.58. The van der Waals surface area contributed by atoms with E-state index in [0.717, 1.165) is 17.8 Å². The van der Waals surface area contributed by atoms with E-state index in [1.165, 1.54) is 106 Å². The van der Waals surface area contributed by atoms with E-state index in [1.807, 2.05) is 0 Å². The maximum absolute atomic E-state index is 2.75. The molecule has 264 valence electrons. The molecular weight excluding hydrogens is 639 g/mol. The number of nitrogens with zero attached hydrogens (tertiary/aromatic N) is 1. The monoisotopic (exact) mass is 689 g/mol. The summed E-state index contributed by atoms with van der Waals surface area (Å²) in [4.78, 5) is 2.75. The largest absolute Gasteiger partial charge is 0.328 e. The summed E-state index contributed by atoms with van der Waals surface area (Å²) in [7, 11) is 0. The van der Waals surface area contributed by atoms with E-state index in [1.54, 1.807) is 11.1 Å². The van der Waals surface area contributed by atoms with Gasteiger partial charge in [-0.15, -0.1) is 0 Å². The van der Waals surface area contributed by atoms with E-state index >= 15 is 0 Å². The molecule has 1 heterocycles. The van der Waals surface area contributed by atoms with Crippen LogP contribution in [0, 0.1) is 23.2 Å². The molecule has 6 unspecified atom stereocenters. The fourth-order valence-electron chi connectivity index (χ4n) is 12.7. The van der Waals surface area contributed by atoms with E-state index in [9.17, 15) is 0 Å². The van der Waals surface area contributed by atoms with Gasteiger partial charge in [0.15, 0.2) is 0 Å². The Bertz CT molecular complexity index is 2360. The van der Waals surface area contributed by atoms with Crippen molar-refractivity contribution in [1.82, 2.24) is 0 Å². The van der Waals surface area contributed by atoms with Gasteiger partial charge in [-0.25, -0.2) is 0 Å². The van der Waals surface area contributed by atoms with E-state index in [2.05, 4.69) is 160 Å². The van der Waals surface area contributed by atoms with Crippen molar-refractivity contribution < 1.29 is 0 Å². The fraction of sp³-hybridized carbons (Fsp3) is 0.346. The zero-order chi connectivity index (χ0) is 35.7. The van der Waals surface area contributed by atoms with E-state index < -0.39 is 0 Å². The van der Waals surface area contributed by atoms with Crippen LogP contribution in [0.4, 0.5) is 11.4 Å². The van der Waals surface area contributed by atoms with Crippen LogP contribution in [0.15, 0.2) is 139 Å². The van der Waals surface area contributed by atoms with Gasteiger partial charge in [0.05, 0.1) is 5.54 Å². The Morgan fingerprint density at radius 2 is 1.34 bits per heavy atom. The Morgan fingerprint density at radius 1 is 0.604 bits per heavy atom. The Hall–Kier alpha value is -4.62. The first-order valence-corrected chi connectivity index (χ1v) is 20.5. The summed E-state index contributed by atoms with van der Waals surface area (Å²) in [6.07, 6.45) is 15.1. The summed E-state index contributed by atoms with van der Waals surface area (Å²) in [5.41, 5.74) is 18.4. The second-order valence-electron chi connectivity index (χ2n) is 18.3. The molecule has 0 N–H and O–H groups in total. The lowest BCUT2D eigenvalue weighted by molar-refractivity contribution is 0.189. The first-order valence-electron chi connectivity index (χ1n) is 20.5. The third kappa shape index (κ3) is 4.43. The molecule has 6 atom stereocenters. The number of rotatable bonds is 4. The highest BCUT2D eigenvalue weighted by atomic mass is 15.2. The van der Waals surface area contributed by atoms with Crippen molar-refractivity contribution in [1.29, 1.82) is 0 Å². The van der Waals surface area contributed by atoms with Crippen LogP contribution in [0.3, 0.4) is 0 Å². The molecule has 5 aromatic carbocycles. The Morgan fingerprint density at radius 3 is 2.11 bits per heavy atom. The number of anilines is 2. The zero-order valence-electron chi connectivity index (χ0n) is 31.8. The molecule has 6 aliphatic rings. The quantitative estimate of drug-likeness (QED) is 0.170. The number of allylic oxidation sites excluding steroid dienone is 2. The predicted molar refractivity (Wildman–Crippen MR) is 222 cm³/mol. The van der Waals surface area contributed by atoms with Crippen LogP contribution in [0.1, 0.15) is 95.2 Å². The van der Waals surface area contributed by atoms with Crippen molar-refractivity contribution >= 4 is 11.4 Å². The van der Waals surface area contributed by atoms with Crippen LogP contribution in [-0.2, 0) is 5.41 Å². The second-order valence-corrected chi connectivity index (χ2v) is 18.3. The van der Waals surface area contributed by atoms with Crippen LogP contribution in [0.2, 0.25) is 0 Å². The third-order valence-electron chi connectivity index (χ3n) is 15.3. The molecule has 5 aromatic rings. The highest BCUT2D eigenvalue weighted by Crippen LogP contribution is 2.65. The van der Waals surface area contributed by atoms with Gasteiger partial charge in [-0.1, -0.05) is 136 Å². The van der Waals surface area contributed by atoms with Gasteiger partial charge in [0, 0.05) is 28.1 Å². The van der Waals surface area contributed by atoms with E-state index in [0.29, 0.717) is 5.92 Å². The van der Waals surface area contributed by atoms with Crippen molar-refractivity contribution in [3.63, 3.8) is 0 Å². The van der Waals surface area contributed by atoms with Gasteiger partial charge in [-0.2, -0.15) is 0 Å². The van der Waals surface area contributed by atoms with Gasteiger partial charge < -0.3 is 4.90 Å². The number of hydrogen-bond donors (Lipinski definition) is 0. The van der Waals surface area contributed by atoms with Gasteiger partial charge in [-0.3, -0.25) is 0 Å². The summed E-state index contributed by atoms with van der Waals surface area (Å²) in [6.45, 7) is 10.1. The maximum Gasteiger partial charge on any atom is 0.0827 e. The molecule has 1 aliphatic heterocycles. The summed E-state index contributed by atoms with van der Waals surface area (Å²) < 4.78 is 0. The first kappa shape index (κ1) is 31.9. The Balaban J connectivity index is 1.01. The molecule has 0 saturated heterocycles. The van der Waals surface area contributed by atoms with Crippen molar-refractivity contribution in [2.45, 2.75) is 89.5 Å². The van der Waals surface area contributed by atoms with Gasteiger partial charge in [0.1, 0.15) is 0 Å². The molecule has 0 aromatic heterocycles. The minimum absolute atomic E-state index is 0.0901. The third-order valence-corrected chi connectivity index (χ3v) is 15.3. The number of fused-ring (bicyclic) bond motifs is 7. The molecule has 2 fully saturated rings. The van der Waals surface area contributed by atoms with Crippen LogP contribution in [0.5, 0.6) is 0 Å². The molecule has 0 radical (unpaired) electrons. The lowest BCUT2D eigenvalue weighted by atomic mass is 9.54. The summed E-state index contributed by atoms with van der Waals surface area (Å²) in [6, 6.07) is 43.8. The van der Waals surface area contributed by atoms with Crippen LogP contribution in [-0.4, -0.2) is 5.54 Å². The molecule has 1 heteroatoms. The molecule has 0 amide bonds. The SMILES string of the molecule is CC1(C)c2ccc(-c3ccc(-c4ccccc4)cc3)cc2-c2ccc(N3c4ccccc4C4CCCC5=C4C3(C)C=CC5(C)C3CC4CCC3C4)cc21. The van der Waals surface area contributed by atoms with Crippen LogP contribution in [0.25, 0.3) is 33.4 Å². The average Bonchev–Trinajstić information content (AvgIpc) is 3.90. The van der Waals surface area contributed by atoms with Gasteiger partial charge in [-0.05, 0) is 143 Å². The van der Waals surface area contributed by atoms with Gasteiger partial charge >= 0.3 is 0 Å². The Kier molecular flexibility index (Phi) is 6.74. The Labute approximate surface area is 316 Å². The van der Waals surface area contributed by atoms with Gasteiger partial charge in [0.25, 0.3) is 0 Å². The zero-order valence-corrected chi connectivity index (χ0v) is 31.8. The fourth-order valence-corrected chi connectivity index (χ4v) is 12.7. The van der Waals surface area contributed by atoms with Crippen LogP contribution < -0.4 is 4.90 Å².